The van der Waals surface area contributed by atoms with E-state index in [4.69, 9.17) is 4.74 Å². The summed E-state index contributed by atoms with van der Waals surface area (Å²) in [6, 6.07) is 1.53. The fourth-order valence-corrected chi connectivity index (χ4v) is 3.43. The van der Waals surface area contributed by atoms with E-state index in [0.29, 0.717) is 18.5 Å². The van der Waals surface area contributed by atoms with Gasteiger partial charge >= 0.3 is 5.97 Å². The van der Waals surface area contributed by atoms with Crippen LogP contribution in [0.5, 0.6) is 0 Å². The number of carbonyl (C=O) groups excluding carboxylic acids is 1. The van der Waals surface area contributed by atoms with Gasteiger partial charge in [0.05, 0.1) is 13.5 Å². The molecule has 3 atom stereocenters. The summed E-state index contributed by atoms with van der Waals surface area (Å²) in [5, 5.41) is 0. The summed E-state index contributed by atoms with van der Waals surface area (Å²) in [6.45, 7) is 7.94. The number of esters is 1. The van der Waals surface area contributed by atoms with E-state index < -0.39 is 0 Å². The molecule has 2 aliphatic rings. The number of carbonyl (C=O) groups is 1. The summed E-state index contributed by atoms with van der Waals surface area (Å²) in [6.07, 6.45) is 4.53. The van der Waals surface area contributed by atoms with E-state index in [0.717, 1.165) is 13.1 Å². The molecule has 0 amide bonds. The average molecular weight is 254 g/mol. The van der Waals surface area contributed by atoms with Crippen LogP contribution >= 0.6 is 0 Å². The molecule has 4 heteroatoms. The molecule has 0 N–H and O–H groups in total. The predicted octanol–water partition coefficient (Wildman–Crippen LogP) is 1.50. The number of methoxy groups -OCH3 is 1. The molecule has 0 aliphatic carbocycles. The Hall–Kier alpha value is -0.610. The van der Waals surface area contributed by atoms with E-state index in [9.17, 15) is 4.79 Å². The van der Waals surface area contributed by atoms with Crippen molar-refractivity contribution in [3.05, 3.63) is 0 Å². The maximum atomic E-state index is 11.4. The highest BCUT2D eigenvalue weighted by Gasteiger charge is 2.35. The zero-order valence-corrected chi connectivity index (χ0v) is 11.9. The van der Waals surface area contributed by atoms with Gasteiger partial charge in [0.15, 0.2) is 0 Å². The molecule has 0 aromatic carbocycles. The zero-order valence-electron chi connectivity index (χ0n) is 11.9. The SMILES string of the molecule is COC(=O)CC(C)N1CC2CCCCN2CC1C. The lowest BCUT2D eigenvalue weighted by Gasteiger charge is -2.49. The van der Waals surface area contributed by atoms with Crippen molar-refractivity contribution in [2.24, 2.45) is 0 Å². The van der Waals surface area contributed by atoms with Crippen molar-refractivity contribution in [2.75, 3.05) is 26.7 Å². The molecule has 2 heterocycles. The zero-order chi connectivity index (χ0) is 13.1. The fourth-order valence-electron chi connectivity index (χ4n) is 3.43. The number of ether oxygens (including phenoxy) is 1. The lowest BCUT2D eigenvalue weighted by atomic mass is 9.95. The molecule has 18 heavy (non-hydrogen) atoms. The smallest absolute Gasteiger partial charge is 0.307 e. The van der Waals surface area contributed by atoms with Crippen LogP contribution in [-0.2, 0) is 9.53 Å². The van der Waals surface area contributed by atoms with Crippen LogP contribution in [-0.4, -0.2) is 60.6 Å². The van der Waals surface area contributed by atoms with E-state index in [-0.39, 0.29) is 12.0 Å². The van der Waals surface area contributed by atoms with Crippen LogP contribution < -0.4 is 0 Å². The minimum atomic E-state index is -0.0965. The molecule has 2 saturated heterocycles. The van der Waals surface area contributed by atoms with Crippen LogP contribution in [0.3, 0.4) is 0 Å². The second-order valence-corrected chi connectivity index (χ2v) is 5.82. The second-order valence-electron chi connectivity index (χ2n) is 5.82. The molecule has 0 saturated carbocycles. The molecule has 2 aliphatic heterocycles. The summed E-state index contributed by atoms with van der Waals surface area (Å²) in [5.41, 5.74) is 0. The first kappa shape index (κ1) is 13.8. The molecule has 104 valence electrons. The van der Waals surface area contributed by atoms with E-state index >= 15 is 0 Å². The van der Waals surface area contributed by atoms with E-state index in [1.807, 2.05) is 0 Å². The molecule has 3 unspecified atom stereocenters. The van der Waals surface area contributed by atoms with Crippen molar-refractivity contribution < 1.29 is 9.53 Å². The van der Waals surface area contributed by atoms with Gasteiger partial charge in [-0.05, 0) is 33.2 Å². The Morgan fingerprint density at radius 1 is 1.39 bits per heavy atom. The molecule has 2 fully saturated rings. The van der Waals surface area contributed by atoms with Crippen LogP contribution in [0.1, 0.15) is 39.5 Å². The van der Waals surface area contributed by atoms with Gasteiger partial charge in [-0.25, -0.2) is 0 Å². The summed E-state index contributed by atoms with van der Waals surface area (Å²) in [4.78, 5) is 16.5. The average Bonchev–Trinajstić information content (AvgIpc) is 2.37. The predicted molar refractivity (Wildman–Crippen MR) is 71.5 cm³/mol. The molecule has 0 radical (unpaired) electrons. The highest BCUT2D eigenvalue weighted by molar-refractivity contribution is 5.69. The molecule has 4 nitrogen and oxygen atoms in total. The number of hydrogen-bond acceptors (Lipinski definition) is 4. The first-order chi connectivity index (χ1) is 8.61. The third-order valence-electron chi connectivity index (χ3n) is 4.49. The normalized spacial score (nSPS) is 31.7. The molecule has 2 rings (SSSR count). The topological polar surface area (TPSA) is 32.8 Å². The van der Waals surface area contributed by atoms with E-state index in [2.05, 4.69) is 23.6 Å². The maximum Gasteiger partial charge on any atom is 0.307 e. The Balaban J connectivity index is 1.93. The highest BCUT2D eigenvalue weighted by atomic mass is 16.5. The van der Waals surface area contributed by atoms with Crippen molar-refractivity contribution >= 4 is 5.97 Å². The van der Waals surface area contributed by atoms with Crippen molar-refractivity contribution in [1.29, 1.82) is 0 Å². The summed E-state index contributed by atoms with van der Waals surface area (Å²) < 4.78 is 4.78. The van der Waals surface area contributed by atoms with Crippen LogP contribution in [0.25, 0.3) is 0 Å². The first-order valence-corrected chi connectivity index (χ1v) is 7.18. The van der Waals surface area contributed by atoms with Crippen molar-refractivity contribution in [1.82, 2.24) is 9.80 Å². The van der Waals surface area contributed by atoms with E-state index in [1.165, 1.54) is 32.9 Å². The quantitative estimate of drug-likeness (QED) is 0.715. The summed E-state index contributed by atoms with van der Waals surface area (Å²) in [7, 11) is 1.47. The number of piperazine rings is 1. The van der Waals surface area contributed by atoms with Gasteiger partial charge in [-0.1, -0.05) is 6.42 Å². The highest BCUT2D eigenvalue weighted by Crippen LogP contribution is 2.25. The monoisotopic (exact) mass is 254 g/mol. The van der Waals surface area contributed by atoms with Gasteiger partial charge in [0.1, 0.15) is 0 Å². The van der Waals surface area contributed by atoms with Gasteiger partial charge in [0, 0.05) is 31.2 Å². The molecule has 0 aromatic rings. The fraction of sp³-hybridized carbons (Fsp3) is 0.929. The van der Waals surface area contributed by atoms with Crippen LogP contribution in [0.4, 0.5) is 0 Å². The van der Waals surface area contributed by atoms with Crippen molar-refractivity contribution in [2.45, 2.75) is 57.7 Å². The number of piperidine rings is 1. The molecular formula is C14H26N2O2. The Kier molecular flexibility index (Phi) is 4.62. The van der Waals surface area contributed by atoms with Crippen molar-refractivity contribution in [3.63, 3.8) is 0 Å². The molecular weight excluding hydrogens is 228 g/mol. The summed E-state index contributed by atoms with van der Waals surface area (Å²) >= 11 is 0. The largest absolute Gasteiger partial charge is 0.469 e. The third kappa shape index (κ3) is 3.04. The number of nitrogens with zero attached hydrogens (tertiary/aromatic N) is 2. The van der Waals surface area contributed by atoms with Gasteiger partial charge < -0.3 is 4.74 Å². The number of rotatable bonds is 3. The van der Waals surface area contributed by atoms with Crippen LogP contribution in [0.2, 0.25) is 0 Å². The minimum Gasteiger partial charge on any atom is -0.469 e. The van der Waals surface area contributed by atoms with Gasteiger partial charge in [-0.2, -0.15) is 0 Å². The Morgan fingerprint density at radius 3 is 2.89 bits per heavy atom. The molecule has 0 spiro atoms. The second kappa shape index (κ2) is 6.02. The first-order valence-electron chi connectivity index (χ1n) is 7.18. The lowest BCUT2D eigenvalue weighted by Crippen LogP contribution is -2.60. The Bertz CT molecular complexity index is 296. The van der Waals surface area contributed by atoms with Crippen molar-refractivity contribution in [3.8, 4) is 0 Å². The molecule has 0 aromatic heterocycles. The standard InChI is InChI=1S/C14H26N2O2/c1-11(8-14(17)18-3)16-10-13-6-4-5-7-15(13)9-12(16)2/h11-13H,4-10H2,1-3H3. The summed E-state index contributed by atoms with van der Waals surface area (Å²) in [5.74, 6) is -0.0965. The van der Waals surface area contributed by atoms with E-state index in [1.54, 1.807) is 0 Å². The number of fused-ring (bicyclic) bond motifs is 1. The number of hydrogen-bond donors (Lipinski definition) is 0. The Labute approximate surface area is 110 Å². The Morgan fingerprint density at radius 2 is 2.17 bits per heavy atom. The van der Waals surface area contributed by atoms with Gasteiger partial charge in [0.25, 0.3) is 0 Å². The maximum absolute atomic E-state index is 11.4. The van der Waals surface area contributed by atoms with Crippen LogP contribution in [0, 0.1) is 0 Å². The third-order valence-corrected chi connectivity index (χ3v) is 4.49. The van der Waals surface area contributed by atoms with Gasteiger partial charge in [-0.15, -0.1) is 0 Å². The van der Waals surface area contributed by atoms with Crippen LogP contribution in [0.15, 0.2) is 0 Å². The van der Waals surface area contributed by atoms with Gasteiger partial charge in [0.2, 0.25) is 0 Å². The van der Waals surface area contributed by atoms with Gasteiger partial charge in [-0.3, -0.25) is 14.6 Å². The molecule has 0 bridgehead atoms. The minimum absolute atomic E-state index is 0.0965. The lowest BCUT2D eigenvalue weighted by molar-refractivity contribution is -0.142.